The van der Waals surface area contributed by atoms with E-state index < -0.39 is 0 Å². The number of halogens is 1. The maximum atomic E-state index is 12.9. The number of nitrogens with zero attached hydrogens (tertiary/aromatic N) is 2. The molecule has 22 heavy (non-hydrogen) atoms. The van der Waals surface area contributed by atoms with E-state index in [1.54, 1.807) is 24.1 Å². The van der Waals surface area contributed by atoms with Crippen molar-refractivity contribution >= 4 is 17.2 Å². The molecule has 0 radical (unpaired) electrons. The predicted molar refractivity (Wildman–Crippen MR) is 86.9 cm³/mol. The number of benzene rings is 1. The molecule has 0 aliphatic carbocycles. The standard InChI is InChI=1S/C16H20FN3OS/c1-11-15(16(21)20(3)9-8-18-2)22-14(19-11)10-12-4-6-13(17)7-5-12/h4-7,18H,8-10H2,1-3H3. The first-order valence-electron chi connectivity index (χ1n) is 7.12. The lowest BCUT2D eigenvalue weighted by atomic mass is 10.1. The summed E-state index contributed by atoms with van der Waals surface area (Å²) in [7, 11) is 3.65. The Bertz CT molecular complexity index is 639. The first-order valence-corrected chi connectivity index (χ1v) is 7.93. The average molecular weight is 321 g/mol. The fourth-order valence-corrected chi connectivity index (χ4v) is 3.15. The number of amides is 1. The van der Waals surface area contributed by atoms with Crippen LogP contribution in [0.5, 0.6) is 0 Å². The van der Waals surface area contributed by atoms with Crippen LogP contribution in [0.2, 0.25) is 0 Å². The average Bonchev–Trinajstić information content (AvgIpc) is 2.87. The number of nitrogens with one attached hydrogen (secondary N) is 1. The van der Waals surface area contributed by atoms with Crippen LogP contribution in [0.4, 0.5) is 4.39 Å². The van der Waals surface area contributed by atoms with Crippen LogP contribution in [0, 0.1) is 12.7 Å². The summed E-state index contributed by atoms with van der Waals surface area (Å²) in [5.41, 5.74) is 1.74. The number of carbonyl (C=O) groups is 1. The Hall–Kier alpha value is -1.79. The van der Waals surface area contributed by atoms with Crippen LogP contribution < -0.4 is 5.32 Å². The molecule has 0 atom stereocenters. The normalized spacial score (nSPS) is 10.7. The van der Waals surface area contributed by atoms with Gasteiger partial charge in [0.2, 0.25) is 0 Å². The van der Waals surface area contributed by atoms with Crippen LogP contribution >= 0.6 is 11.3 Å². The fraction of sp³-hybridized carbons (Fsp3) is 0.375. The van der Waals surface area contributed by atoms with Crippen LogP contribution in [0.3, 0.4) is 0 Å². The minimum atomic E-state index is -0.249. The molecule has 0 aliphatic heterocycles. The van der Waals surface area contributed by atoms with Crippen LogP contribution in [0.1, 0.15) is 25.9 Å². The zero-order chi connectivity index (χ0) is 16.1. The van der Waals surface area contributed by atoms with Gasteiger partial charge in [0.05, 0.1) is 10.7 Å². The van der Waals surface area contributed by atoms with E-state index in [0.29, 0.717) is 17.8 Å². The second kappa shape index (κ2) is 7.47. The van der Waals surface area contributed by atoms with Crippen molar-refractivity contribution in [2.45, 2.75) is 13.3 Å². The number of carbonyl (C=O) groups excluding carboxylic acids is 1. The van der Waals surface area contributed by atoms with E-state index in [4.69, 9.17) is 0 Å². The minimum absolute atomic E-state index is 0.00407. The van der Waals surface area contributed by atoms with Crippen LogP contribution in [0.25, 0.3) is 0 Å². The molecule has 1 aromatic heterocycles. The number of aryl methyl sites for hydroxylation is 1. The van der Waals surface area contributed by atoms with Gasteiger partial charge in [0.15, 0.2) is 0 Å². The Morgan fingerprint density at radius 3 is 2.68 bits per heavy atom. The topological polar surface area (TPSA) is 45.2 Å². The Labute approximate surface area is 134 Å². The van der Waals surface area contributed by atoms with Crippen molar-refractivity contribution in [2.75, 3.05) is 27.2 Å². The van der Waals surface area contributed by atoms with Gasteiger partial charge in [-0.3, -0.25) is 4.79 Å². The molecule has 1 amide bonds. The number of rotatable bonds is 6. The van der Waals surface area contributed by atoms with Crippen molar-refractivity contribution in [3.8, 4) is 0 Å². The summed E-state index contributed by atoms with van der Waals surface area (Å²) in [6.45, 7) is 3.26. The Balaban J connectivity index is 2.10. The number of aromatic nitrogens is 1. The number of hydrogen-bond donors (Lipinski definition) is 1. The van der Waals surface area contributed by atoms with Gasteiger partial charge in [-0.1, -0.05) is 12.1 Å². The molecule has 118 valence electrons. The molecule has 6 heteroatoms. The summed E-state index contributed by atoms with van der Waals surface area (Å²) >= 11 is 1.41. The molecule has 0 saturated heterocycles. The second-order valence-electron chi connectivity index (χ2n) is 5.16. The summed E-state index contributed by atoms with van der Waals surface area (Å²) in [6.07, 6.45) is 0.610. The van der Waals surface area contributed by atoms with Crippen molar-refractivity contribution in [1.29, 1.82) is 0 Å². The molecule has 1 N–H and O–H groups in total. The fourth-order valence-electron chi connectivity index (χ4n) is 2.06. The SMILES string of the molecule is CNCCN(C)C(=O)c1sc(Cc2ccc(F)cc2)nc1C. The van der Waals surface area contributed by atoms with E-state index in [2.05, 4.69) is 10.3 Å². The molecule has 0 fully saturated rings. The highest BCUT2D eigenvalue weighted by molar-refractivity contribution is 7.13. The number of thiazole rings is 1. The monoisotopic (exact) mass is 321 g/mol. The van der Waals surface area contributed by atoms with Gasteiger partial charge in [0, 0.05) is 26.6 Å². The van der Waals surface area contributed by atoms with Crippen molar-refractivity contribution in [3.63, 3.8) is 0 Å². The third-order valence-electron chi connectivity index (χ3n) is 3.35. The molecular weight excluding hydrogens is 301 g/mol. The van der Waals surface area contributed by atoms with E-state index in [9.17, 15) is 9.18 Å². The summed E-state index contributed by atoms with van der Waals surface area (Å²) in [6, 6.07) is 6.36. The third-order valence-corrected chi connectivity index (χ3v) is 4.49. The zero-order valence-electron chi connectivity index (χ0n) is 13.0. The van der Waals surface area contributed by atoms with Gasteiger partial charge in [0.1, 0.15) is 10.7 Å². The van der Waals surface area contributed by atoms with E-state index in [-0.39, 0.29) is 11.7 Å². The summed E-state index contributed by atoms with van der Waals surface area (Å²) < 4.78 is 12.9. The molecule has 2 rings (SSSR count). The summed E-state index contributed by atoms with van der Waals surface area (Å²) in [5.74, 6) is -0.253. The predicted octanol–water partition coefficient (Wildman–Crippen LogP) is 2.47. The maximum absolute atomic E-state index is 12.9. The van der Waals surface area contributed by atoms with Crippen molar-refractivity contribution in [3.05, 3.63) is 51.2 Å². The number of hydrogen-bond acceptors (Lipinski definition) is 4. The van der Waals surface area contributed by atoms with E-state index in [1.807, 2.05) is 14.0 Å². The molecule has 4 nitrogen and oxygen atoms in total. The second-order valence-corrected chi connectivity index (χ2v) is 6.24. The molecule has 0 unspecified atom stereocenters. The van der Waals surface area contributed by atoms with Gasteiger partial charge in [-0.2, -0.15) is 0 Å². The Morgan fingerprint density at radius 2 is 2.05 bits per heavy atom. The minimum Gasteiger partial charge on any atom is -0.340 e. The van der Waals surface area contributed by atoms with Gasteiger partial charge in [-0.25, -0.2) is 9.37 Å². The quantitative estimate of drug-likeness (QED) is 0.889. The molecule has 0 saturated carbocycles. The highest BCUT2D eigenvalue weighted by atomic mass is 32.1. The lowest BCUT2D eigenvalue weighted by Crippen LogP contribution is -2.32. The van der Waals surface area contributed by atoms with Gasteiger partial charge in [0.25, 0.3) is 5.91 Å². The number of likely N-dealkylation sites (N-methyl/N-ethyl adjacent to an activating group) is 2. The molecule has 0 spiro atoms. The maximum Gasteiger partial charge on any atom is 0.265 e. The smallest absolute Gasteiger partial charge is 0.265 e. The molecule has 0 bridgehead atoms. The molecule has 1 aromatic carbocycles. The lowest BCUT2D eigenvalue weighted by molar-refractivity contribution is 0.0800. The zero-order valence-corrected chi connectivity index (χ0v) is 13.8. The molecule has 2 aromatic rings. The van der Waals surface area contributed by atoms with Crippen LogP contribution in [-0.4, -0.2) is 43.0 Å². The highest BCUT2D eigenvalue weighted by Crippen LogP contribution is 2.22. The van der Waals surface area contributed by atoms with Crippen LogP contribution in [-0.2, 0) is 6.42 Å². The van der Waals surface area contributed by atoms with Crippen molar-refractivity contribution < 1.29 is 9.18 Å². The third kappa shape index (κ3) is 4.11. The van der Waals surface area contributed by atoms with E-state index in [1.165, 1.54) is 23.5 Å². The van der Waals surface area contributed by atoms with E-state index in [0.717, 1.165) is 22.8 Å². The van der Waals surface area contributed by atoms with Crippen molar-refractivity contribution in [1.82, 2.24) is 15.2 Å². The first-order chi connectivity index (χ1) is 10.5. The highest BCUT2D eigenvalue weighted by Gasteiger charge is 2.18. The summed E-state index contributed by atoms with van der Waals surface area (Å²) in [4.78, 5) is 19.2. The van der Waals surface area contributed by atoms with Gasteiger partial charge >= 0.3 is 0 Å². The van der Waals surface area contributed by atoms with Crippen molar-refractivity contribution in [2.24, 2.45) is 0 Å². The molecule has 0 aliphatic rings. The Kier molecular flexibility index (Phi) is 5.63. The lowest BCUT2D eigenvalue weighted by Gasteiger charge is -2.15. The van der Waals surface area contributed by atoms with Gasteiger partial charge in [-0.05, 0) is 31.7 Å². The largest absolute Gasteiger partial charge is 0.340 e. The first kappa shape index (κ1) is 16.6. The van der Waals surface area contributed by atoms with Gasteiger partial charge in [-0.15, -0.1) is 11.3 Å². The molecule has 1 heterocycles. The Morgan fingerprint density at radius 1 is 1.36 bits per heavy atom. The van der Waals surface area contributed by atoms with Crippen LogP contribution in [0.15, 0.2) is 24.3 Å². The van der Waals surface area contributed by atoms with Gasteiger partial charge < -0.3 is 10.2 Å². The van der Waals surface area contributed by atoms with E-state index >= 15 is 0 Å². The summed E-state index contributed by atoms with van der Waals surface area (Å²) in [5, 5.41) is 3.90. The molecular formula is C16H20FN3OS.